The molecule has 4 rings (SSSR count). The van der Waals surface area contributed by atoms with Crippen LogP contribution in [0.5, 0.6) is 5.75 Å². The fourth-order valence-electron chi connectivity index (χ4n) is 3.57. The van der Waals surface area contributed by atoms with Gasteiger partial charge >= 0.3 is 0 Å². The summed E-state index contributed by atoms with van der Waals surface area (Å²) in [6.45, 7) is 1.30. The van der Waals surface area contributed by atoms with Crippen LogP contribution in [-0.4, -0.2) is 46.0 Å². The van der Waals surface area contributed by atoms with Crippen LogP contribution >= 0.6 is 0 Å². The largest absolute Gasteiger partial charge is 0.496 e. The summed E-state index contributed by atoms with van der Waals surface area (Å²) in [5.74, 6) is 2.32. The molecule has 0 unspecified atom stereocenters. The molecule has 144 valence electrons. The van der Waals surface area contributed by atoms with Crippen molar-refractivity contribution in [3.8, 4) is 5.75 Å². The van der Waals surface area contributed by atoms with E-state index in [9.17, 15) is 4.79 Å². The number of ether oxygens (including phenoxy) is 1. The lowest BCUT2D eigenvalue weighted by Gasteiger charge is -2.31. The first-order valence-corrected chi connectivity index (χ1v) is 9.36. The number of para-hydroxylation sites is 1. The SMILES string of the molecule is COc1ccccc1Cc1cnc([C@H]2CCCN(C(=O)c3ccncn3)C2)o1. The molecule has 0 N–H and O–H groups in total. The third-order valence-corrected chi connectivity index (χ3v) is 4.99. The topological polar surface area (TPSA) is 81.4 Å². The minimum absolute atomic E-state index is 0.0760. The van der Waals surface area contributed by atoms with Gasteiger partial charge in [-0.05, 0) is 25.0 Å². The van der Waals surface area contributed by atoms with Gasteiger partial charge in [0.15, 0.2) is 5.89 Å². The Bertz CT molecular complexity index is 942. The predicted octanol–water partition coefficient (Wildman–Crippen LogP) is 3.08. The van der Waals surface area contributed by atoms with Crippen molar-refractivity contribution in [1.29, 1.82) is 0 Å². The number of benzene rings is 1. The number of piperidine rings is 1. The van der Waals surface area contributed by atoms with Gasteiger partial charge in [-0.1, -0.05) is 18.2 Å². The second-order valence-corrected chi connectivity index (χ2v) is 6.84. The molecule has 1 aliphatic rings. The average Bonchev–Trinajstić information content (AvgIpc) is 3.23. The van der Waals surface area contributed by atoms with Crippen LogP contribution in [0.3, 0.4) is 0 Å². The summed E-state index contributed by atoms with van der Waals surface area (Å²) in [5, 5.41) is 0. The highest BCUT2D eigenvalue weighted by Gasteiger charge is 2.29. The van der Waals surface area contributed by atoms with Gasteiger partial charge in [-0.15, -0.1) is 0 Å². The third-order valence-electron chi connectivity index (χ3n) is 4.99. The number of carbonyl (C=O) groups excluding carboxylic acids is 1. The van der Waals surface area contributed by atoms with Gasteiger partial charge in [-0.25, -0.2) is 15.0 Å². The molecule has 0 saturated carbocycles. The molecule has 1 saturated heterocycles. The molecule has 1 aliphatic heterocycles. The molecule has 3 aromatic rings. The summed E-state index contributed by atoms with van der Waals surface area (Å²) >= 11 is 0. The minimum Gasteiger partial charge on any atom is -0.496 e. The Morgan fingerprint density at radius 1 is 1.29 bits per heavy atom. The molecule has 0 radical (unpaired) electrons. The molecule has 1 atom stereocenters. The summed E-state index contributed by atoms with van der Waals surface area (Å²) < 4.78 is 11.4. The Balaban J connectivity index is 1.45. The van der Waals surface area contributed by atoms with Crippen LogP contribution in [0, 0.1) is 0 Å². The molecular weight excluding hydrogens is 356 g/mol. The predicted molar refractivity (Wildman–Crippen MR) is 102 cm³/mol. The highest BCUT2D eigenvalue weighted by molar-refractivity contribution is 5.92. The smallest absolute Gasteiger partial charge is 0.272 e. The highest BCUT2D eigenvalue weighted by Crippen LogP contribution is 2.29. The Morgan fingerprint density at radius 3 is 3.00 bits per heavy atom. The summed E-state index contributed by atoms with van der Waals surface area (Å²) in [4.78, 5) is 26.9. The van der Waals surface area contributed by atoms with E-state index in [2.05, 4.69) is 15.0 Å². The van der Waals surface area contributed by atoms with Crippen molar-refractivity contribution in [2.45, 2.75) is 25.2 Å². The average molecular weight is 378 g/mol. The van der Waals surface area contributed by atoms with E-state index in [1.165, 1.54) is 6.33 Å². The van der Waals surface area contributed by atoms with E-state index < -0.39 is 0 Å². The Hall–Kier alpha value is -3.22. The van der Waals surface area contributed by atoms with Gasteiger partial charge in [0.2, 0.25) is 0 Å². The molecule has 1 amide bonds. The van der Waals surface area contributed by atoms with Crippen LogP contribution in [-0.2, 0) is 6.42 Å². The highest BCUT2D eigenvalue weighted by atomic mass is 16.5. The summed E-state index contributed by atoms with van der Waals surface area (Å²) in [5.41, 5.74) is 1.47. The maximum Gasteiger partial charge on any atom is 0.272 e. The fraction of sp³-hybridized carbons (Fsp3) is 0.333. The van der Waals surface area contributed by atoms with Gasteiger partial charge in [0, 0.05) is 31.3 Å². The number of hydrogen-bond acceptors (Lipinski definition) is 6. The minimum atomic E-state index is -0.0760. The van der Waals surface area contributed by atoms with Crippen molar-refractivity contribution >= 4 is 5.91 Å². The first-order valence-electron chi connectivity index (χ1n) is 9.36. The number of oxazole rings is 1. The number of amides is 1. The van der Waals surface area contributed by atoms with E-state index in [4.69, 9.17) is 9.15 Å². The zero-order valence-electron chi connectivity index (χ0n) is 15.7. The molecule has 0 aliphatic carbocycles. The normalized spacial score (nSPS) is 16.8. The molecule has 1 fully saturated rings. The van der Waals surface area contributed by atoms with Crippen LogP contribution in [0.15, 0.2) is 53.5 Å². The van der Waals surface area contributed by atoms with Crippen molar-refractivity contribution in [3.05, 3.63) is 72.0 Å². The Kier molecular flexibility index (Phi) is 5.32. The molecule has 1 aromatic carbocycles. The van der Waals surface area contributed by atoms with Crippen LogP contribution in [0.25, 0.3) is 0 Å². The molecule has 7 heteroatoms. The van der Waals surface area contributed by atoms with Gasteiger partial charge in [0.1, 0.15) is 23.5 Å². The maximum atomic E-state index is 12.7. The number of likely N-dealkylation sites (tertiary alicyclic amines) is 1. The third kappa shape index (κ3) is 3.88. The Labute approximate surface area is 163 Å². The van der Waals surface area contributed by atoms with Crippen molar-refractivity contribution in [1.82, 2.24) is 19.9 Å². The van der Waals surface area contributed by atoms with Crippen molar-refractivity contribution < 1.29 is 13.9 Å². The van der Waals surface area contributed by atoms with Crippen LogP contribution in [0.1, 0.15) is 46.5 Å². The zero-order chi connectivity index (χ0) is 19.3. The van der Waals surface area contributed by atoms with Gasteiger partial charge in [0.05, 0.1) is 19.2 Å². The first kappa shape index (κ1) is 18.2. The van der Waals surface area contributed by atoms with E-state index in [0.717, 1.165) is 29.9 Å². The standard InChI is InChI=1S/C21H22N4O3/c1-27-19-7-3-2-5-15(19)11-17-12-23-20(28-17)16-6-4-10-25(13-16)21(26)18-8-9-22-14-24-18/h2-3,5,7-9,12,14,16H,4,6,10-11,13H2,1H3/t16-/m0/s1. The summed E-state index contributed by atoms with van der Waals surface area (Å²) in [6, 6.07) is 9.52. The van der Waals surface area contributed by atoms with E-state index in [1.807, 2.05) is 29.2 Å². The molecule has 2 aromatic heterocycles. The lowest BCUT2D eigenvalue weighted by atomic mass is 9.97. The molecule has 7 nitrogen and oxygen atoms in total. The van der Waals surface area contributed by atoms with Crippen molar-refractivity contribution in [2.24, 2.45) is 0 Å². The molecule has 0 spiro atoms. The van der Waals surface area contributed by atoms with E-state index in [1.54, 1.807) is 25.6 Å². The number of nitrogens with zero attached hydrogens (tertiary/aromatic N) is 4. The van der Waals surface area contributed by atoms with Crippen LogP contribution in [0.4, 0.5) is 0 Å². The quantitative estimate of drug-likeness (QED) is 0.679. The second kappa shape index (κ2) is 8.21. The zero-order valence-corrected chi connectivity index (χ0v) is 15.7. The van der Waals surface area contributed by atoms with Gasteiger partial charge in [0.25, 0.3) is 5.91 Å². The van der Waals surface area contributed by atoms with Crippen LogP contribution in [0.2, 0.25) is 0 Å². The lowest BCUT2D eigenvalue weighted by molar-refractivity contribution is 0.0691. The van der Waals surface area contributed by atoms with Crippen molar-refractivity contribution in [3.63, 3.8) is 0 Å². The van der Waals surface area contributed by atoms with Crippen molar-refractivity contribution in [2.75, 3.05) is 20.2 Å². The molecule has 28 heavy (non-hydrogen) atoms. The Morgan fingerprint density at radius 2 is 2.18 bits per heavy atom. The summed E-state index contributed by atoms with van der Waals surface area (Å²) in [7, 11) is 1.66. The number of carbonyl (C=O) groups is 1. The fourth-order valence-corrected chi connectivity index (χ4v) is 3.57. The lowest BCUT2D eigenvalue weighted by Crippen LogP contribution is -2.39. The van der Waals surface area contributed by atoms with E-state index in [-0.39, 0.29) is 11.8 Å². The second-order valence-electron chi connectivity index (χ2n) is 6.84. The molecule has 0 bridgehead atoms. The monoisotopic (exact) mass is 378 g/mol. The van der Waals surface area contributed by atoms with Crippen LogP contribution < -0.4 is 4.74 Å². The van der Waals surface area contributed by atoms with E-state index >= 15 is 0 Å². The van der Waals surface area contributed by atoms with Gasteiger partial charge in [-0.3, -0.25) is 4.79 Å². The van der Waals surface area contributed by atoms with Gasteiger partial charge in [-0.2, -0.15) is 0 Å². The maximum absolute atomic E-state index is 12.7. The number of rotatable bonds is 5. The number of aromatic nitrogens is 3. The van der Waals surface area contributed by atoms with Gasteiger partial charge < -0.3 is 14.1 Å². The molecular formula is C21H22N4O3. The summed E-state index contributed by atoms with van der Waals surface area (Å²) in [6.07, 6.45) is 7.22. The van der Waals surface area contributed by atoms with E-state index in [0.29, 0.717) is 31.1 Å². The molecule has 3 heterocycles. The first-order chi connectivity index (χ1) is 13.7. The number of methoxy groups -OCH3 is 1. The number of hydrogen-bond donors (Lipinski definition) is 0.